The summed E-state index contributed by atoms with van der Waals surface area (Å²) in [7, 11) is 0. The number of amides is 1. The minimum atomic E-state index is -0.546. The van der Waals surface area contributed by atoms with Gasteiger partial charge in [0.25, 0.3) is 0 Å². The van der Waals surface area contributed by atoms with E-state index in [4.69, 9.17) is 4.74 Å². The Morgan fingerprint density at radius 2 is 2.00 bits per heavy atom. The molecule has 2 heterocycles. The molecule has 2 aliphatic heterocycles. The Morgan fingerprint density at radius 3 is 2.62 bits per heavy atom. The van der Waals surface area contributed by atoms with E-state index in [0.29, 0.717) is 16.4 Å². The summed E-state index contributed by atoms with van der Waals surface area (Å²) in [5.41, 5.74) is 2.40. The fourth-order valence-electron chi connectivity index (χ4n) is 3.34. The molecule has 8 heteroatoms. The predicted molar refractivity (Wildman–Crippen MR) is 111 cm³/mol. The molecule has 0 bridgehead atoms. The summed E-state index contributed by atoms with van der Waals surface area (Å²) in [5.74, 6) is -0.945. The number of ether oxygens (including phenoxy) is 1. The van der Waals surface area contributed by atoms with Crippen LogP contribution in [0, 0.1) is 5.82 Å². The van der Waals surface area contributed by atoms with E-state index in [1.807, 2.05) is 24.2 Å². The van der Waals surface area contributed by atoms with E-state index >= 15 is 0 Å². The summed E-state index contributed by atoms with van der Waals surface area (Å²) < 4.78 is 18.8. The molecule has 0 fully saturated rings. The Bertz CT molecular complexity index is 906. The Labute approximate surface area is 173 Å². The van der Waals surface area contributed by atoms with E-state index in [0.717, 1.165) is 11.3 Å². The first kappa shape index (κ1) is 21.1. The highest BCUT2D eigenvalue weighted by Gasteiger charge is 2.41. The number of esters is 1. The molecule has 0 saturated carbocycles. The molecule has 0 saturated heterocycles. The molecule has 0 aliphatic carbocycles. The third-order valence-electron chi connectivity index (χ3n) is 4.47. The Morgan fingerprint density at radius 1 is 1.31 bits per heavy atom. The predicted octanol–water partition coefficient (Wildman–Crippen LogP) is 3.88. The topological polar surface area (TPSA) is 71.0 Å². The number of carbonyl (C=O) groups excluding carboxylic acids is 2. The number of hydrogen-bond donors (Lipinski definition) is 1. The maximum Gasteiger partial charge on any atom is 0.338 e. The molecule has 2 aliphatic rings. The molecule has 0 aromatic heterocycles. The van der Waals surface area contributed by atoms with Crippen LogP contribution in [0.15, 0.2) is 51.6 Å². The monoisotopic (exact) mass is 417 g/mol. The lowest BCUT2D eigenvalue weighted by atomic mass is 9.94. The van der Waals surface area contributed by atoms with E-state index in [-0.39, 0.29) is 30.8 Å². The molecule has 0 radical (unpaired) electrons. The summed E-state index contributed by atoms with van der Waals surface area (Å²) in [4.78, 5) is 31.6. The standard InChI is InChI=1S/C21H24FN3O3S/c1-5-28-20(27)18-13(4)24-21-25(19(18)14-6-8-15(22)9-7-14)16(11-29-21)10-17(26)23-12(2)3/h6-9,11-12,19H,5,10H2,1-4H3,(H,23,26). The number of nitrogens with zero attached hydrogens (tertiary/aromatic N) is 2. The number of fused-ring (bicyclic) bond motifs is 1. The highest BCUT2D eigenvalue weighted by molar-refractivity contribution is 8.16. The average Bonchev–Trinajstić information content (AvgIpc) is 3.02. The zero-order valence-electron chi connectivity index (χ0n) is 16.9. The van der Waals surface area contributed by atoms with Crippen molar-refractivity contribution in [1.29, 1.82) is 0 Å². The highest BCUT2D eigenvalue weighted by atomic mass is 32.2. The smallest absolute Gasteiger partial charge is 0.338 e. The van der Waals surface area contributed by atoms with Crippen LogP contribution in [-0.4, -0.2) is 34.6 Å². The molecule has 29 heavy (non-hydrogen) atoms. The molecule has 0 spiro atoms. The van der Waals surface area contributed by atoms with Crippen molar-refractivity contribution in [3.63, 3.8) is 0 Å². The second-order valence-corrected chi connectivity index (χ2v) is 7.90. The highest BCUT2D eigenvalue weighted by Crippen LogP contribution is 2.44. The van der Waals surface area contributed by atoms with Crippen LogP contribution < -0.4 is 5.32 Å². The van der Waals surface area contributed by atoms with Gasteiger partial charge in [0.2, 0.25) is 5.91 Å². The molecule has 3 rings (SSSR count). The van der Waals surface area contributed by atoms with Gasteiger partial charge in [-0.25, -0.2) is 14.2 Å². The van der Waals surface area contributed by atoms with Crippen molar-refractivity contribution in [2.45, 2.75) is 46.2 Å². The minimum absolute atomic E-state index is 0.0248. The van der Waals surface area contributed by atoms with E-state index in [2.05, 4.69) is 10.3 Å². The Kier molecular flexibility index (Phi) is 6.42. The van der Waals surface area contributed by atoms with Crippen LogP contribution >= 0.6 is 11.8 Å². The molecular weight excluding hydrogens is 393 g/mol. The number of nitrogens with one attached hydrogen (secondary N) is 1. The second kappa shape index (κ2) is 8.82. The molecule has 1 N–H and O–H groups in total. The number of amidine groups is 1. The van der Waals surface area contributed by atoms with Crippen LogP contribution in [0.1, 0.15) is 45.7 Å². The third-order valence-corrected chi connectivity index (χ3v) is 5.36. The normalized spacial score (nSPS) is 18.4. The van der Waals surface area contributed by atoms with E-state index in [9.17, 15) is 14.0 Å². The number of allylic oxidation sites excluding steroid dienone is 1. The van der Waals surface area contributed by atoms with Crippen molar-refractivity contribution in [2.75, 3.05) is 6.61 Å². The number of aliphatic imine (C=N–C) groups is 1. The second-order valence-electron chi connectivity index (χ2n) is 7.06. The number of carbonyl (C=O) groups is 2. The Hall–Kier alpha value is -2.61. The number of thioether (sulfide) groups is 1. The van der Waals surface area contributed by atoms with Gasteiger partial charge in [0.1, 0.15) is 5.82 Å². The molecule has 1 unspecified atom stereocenters. The average molecular weight is 418 g/mol. The van der Waals surface area contributed by atoms with E-state index < -0.39 is 12.0 Å². The number of halogens is 1. The van der Waals surface area contributed by atoms with Crippen LogP contribution in [0.5, 0.6) is 0 Å². The van der Waals surface area contributed by atoms with Gasteiger partial charge < -0.3 is 15.0 Å². The van der Waals surface area contributed by atoms with Crippen molar-refractivity contribution < 1.29 is 18.7 Å². The maximum atomic E-state index is 13.5. The van der Waals surface area contributed by atoms with Gasteiger partial charge in [0, 0.05) is 11.7 Å². The van der Waals surface area contributed by atoms with Gasteiger partial charge in [0.05, 0.1) is 30.3 Å². The zero-order valence-corrected chi connectivity index (χ0v) is 17.7. The third kappa shape index (κ3) is 4.53. The molecule has 1 amide bonds. The van der Waals surface area contributed by atoms with Crippen LogP contribution in [0.25, 0.3) is 0 Å². The maximum absolute atomic E-state index is 13.5. The van der Waals surface area contributed by atoms with Crippen molar-refractivity contribution in [2.24, 2.45) is 4.99 Å². The summed E-state index contributed by atoms with van der Waals surface area (Å²) in [5, 5.41) is 5.43. The van der Waals surface area contributed by atoms with Gasteiger partial charge in [-0.2, -0.15) is 0 Å². The van der Waals surface area contributed by atoms with Crippen LogP contribution in [0.2, 0.25) is 0 Å². The van der Waals surface area contributed by atoms with E-state index in [1.54, 1.807) is 26.0 Å². The number of rotatable bonds is 6. The lowest BCUT2D eigenvalue weighted by Crippen LogP contribution is -2.38. The van der Waals surface area contributed by atoms with Gasteiger partial charge in [-0.05, 0) is 50.8 Å². The van der Waals surface area contributed by atoms with E-state index in [1.165, 1.54) is 23.9 Å². The quantitative estimate of drug-likeness (QED) is 0.712. The van der Waals surface area contributed by atoms with Gasteiger partial charge in [0.15, 0.2) is 5.17 Å². The summed E-state index contributed by atoms with van der Waals surface area (Å²) >= 11 is 1.40. The van der Waals surface area contributed by atoms with Gasteiger partial charge in [-0.3, -0.25) is 4.79 Å². The summed E-state index contributed by atoms with van der Waals surface area (Å²) in [6.45, 7) is 7.53. The number of hydrogen-bond acceptors (Lipinski definition) is 6. The Balaban J connectivity index is 2.02. The van der Waals surface area contributed by atoms with Crippen molar-refractivity contribution in [1.82, 2.24) is 10.2 Å². The molecule has 154 valence electrons. The fourth-order valence-corrected chi connectivity index (χ4v) is 4.30. The molecular formula is C21H24FN3O3S. The molecule has 6 nitrogen and oxygen atoms in total. The lowest BCUT2D eigenvalue weighted by Gasteiger charge is -2.36. The summed E-state index contributed by atoms with van der Waals surface area (Å²) in [6.07, 6.45) is 0.150. The van der Waals surface area contributed by atoms with Crippen molar-refractivity contribution in [3.8, 4) is 0 Å². The van der Waals surface area contributed by atoms with Crippen LogP contribution in [0.4, 0.5) is 4.39 Å². The largest absolute Gasteiger partial charge is 0.463 e. The first-order valence-corrected chi connectivity index (χ1v) is 10.4. The number of benzene rings is 1. The molecule has 1 atom stereocenters. The molecule has 1 aromatic rings. The van der Waals surface area contributed by atoms with Gasteiger partial charge in [-0.1, -0.05) is 23.9 Å². The van der Waals surface area contributed by atoms with Crippen molar-refractivity contribution >= 4 is 28.8 Å². The first-order chi connectivity index (χ1) is 13.8. The van der Waals surface area contributed by atoms with Crippen LogP contribution in [0.3, 0.4) is 0 Å². The van der Waals surface area contributed by atoms with Gasteiger partial charge in [-0.15, -0.1) is 0 Å². The zero-order chi connectivity index (χ0) is 21.1. The fraction of sp³-hybridized carbons (Fsp3) is 0.381. The first-order valence-electron chi connectivity index (χ1n) is 9.48. The SMILES string of the molecule is CCOC(=O)C1=C(C)N=C2SC=C(CC(=O)NC(C)C)N2C1c1ccc(F)cc1. The van der Waals surface area contributed by atoms with Crippen molar-refractivity contribution in [3.05, 3.63) is 58.0 Å². The van der Waals surface area contributed by atoms with Crippen LogP contribution in [-0.2, 0) is 14.3 Å². The lowest BCUT2D eigenvalue weighted by molar-refractivity contribution is -0.139. The van der Waals surface area contributed by atoms with Gasteiger partial charge >= 0.3 is 5.97 Å². The molecule has 1 aromatic carbocycles. The minimum Gasteiger partial charge on any atom is -0.463 e. The summed E-state index contributed by atoms with van der Waals surface area (Å²) in [6, 6.07) is 5.48.